The minimum absolute atomic E-state index is 0. The van der Waals surface area contributed by atoms with E-state index < -0.39 is 109 Å². The molecule has 0 unspecified atom stereocenters. The predicted octanol–water partition coefficient (Wildman–Crippen LogP) is 4.25. The van der Waals surface area contributed by atoms with Crippen LogP contribution in [0.3, 0.4) is 0 Å². The second-order valence-corrected chi connectivity index (χ2v) is 36.4. The molecule has 808 valence electrons. The first kappa shape index (κ1) is 141. The molecule has 0 spiro atoms. The van der Waals surface area contributed by atoms with Gasteiger partial charge in [-0.15, -0.1) is 53.2 Å². The van der Waals surface area contributed by atoms with Gasteiger partial charge >= 0.3 is 52.1 Å². The van der Waals surface area contributed by atoms with Crippen LogP contribution in [0.1, 0.15) is 199 Å². The van der Waals surface area contributed by atoms with E-state index in [-0.39, 0.29) is 193 Å². The molecule has 69 heteroatoms. The number of rotatable bonds is 21. The lowest BCUT2D eigenvalue weighted by molar-refractivity contribution is -0.0436. The fourth-order valence-electron chi connectivity index (χ4n) is 7.51. The van der Waals surface area contributed by atoms with Crippen molar-refractivity contribution in [2.75, 3.05) is 118 Å². The zero-order valence-corrected chi connectivity index (χ0v) is 89.7. The number of aliphatic imine (C=N–C) groups is 4. The number of ether oxygens (including phenoxy) is 6. The molecule has 0 aromatic carbocycles. The van der Waals surface area contributed by atoms with E-state index in [1.54, 1.807) is 79.2 Å². The van der Waals surface area contributed by atoms with Gasteiger partial charge in [-0.2, -0.15) is 21.6 Å². The van der Waals surface area contributed by atoms with E-state index in [4.69, 9.17) is 166 Å². The van der Waals surface area contributed by atoms with E-state index in [1.165, 1.54) is 41.5 Å². The molecule has 0 atom stereocenters. The smallest absolute Gasteiger partial charge is 0.444 e. The molecule has 10 amide bonds. The highest BCUT2D eigenvalue weighted by Gasteiger charge is 2.47. The number of nitrogens with zero attached hydrogens (tertiary/aromatic N) is 13. The molecule has 57 nitrogen and oxygen atoms in total. The number of guanidine groups is 5. The van der Waals surface area contributed by atoms with Gasteiger partial charge in [0.25, 0.3) is 23.6 Å². The van der Waals surface area contributed by atoms with Gasteiger partial charge in [-0.3, -0.25) is 81.8 Å². The molecule has 4 aromatic heterocycles. The second kappa shape index (κ2) is 67.5. The summed E-state index contributed by atoms with van der Waals surface area (Å²) >= 11 is 23.8. The first-order valence-electron chi connectivity index (χ1n) is 40.4. The topological polar surface area (TPSA) is 960 Å². The van der Waals surface area contributed by atoms with Gasteiger partial charge in [0.2, 0.25) is 11.9 Å². The predicted molar refractivity (Wildman–Crippen MR) is 554 cm³/mol. The van der Waals surface area contributed by atoms with Gasteiger partial charge in [0.05, 0.1) is 0 Å². The largest absolute Gasteiger partial charge is 0.518 e. The van der Waals surface area contributed by atoms with Crippen molar-refractivity contribution < 1.29 is 98.0 Å². The number of anilines is 8. The van der Waals surface area contributed by atoms with Gasteiger partial charge in [-0.1, -0.05) is 58.2 Å². The maximum Gasteiger partial charge on any atom is 0.518 e. The quantitative estimate of drug-likeness (QED) is 0.0182. The number of aromatic nitrogens is 8. The maximum atomic E-state index is 12.4. The molecular weight excluding hydrogens is 2170 g/mol. The van der Waals surface area contributed by atoms with E-state index in [2.05, 4.69) is 107 Å². The molecule has 0 radical (unpaired) electrons. The Balaban J connectivity index is -0.000000396. The molecule has 0 fully saturated rings. The molecular formula is C73H131Cl6F3IN39O18S2. The van der Waals surface area contributed by atoms with Gasteiger partial charge in [0.1, 0.15) is 33.6 Å². The number of carbonyl (C=O) groups excluding carboxylic acids is 10. The molecule has 0 aliphatic rings. The number of hydrogen-bond donors (Lipinski definition) is 26. The second-order valence-electron chi connectivity index (χ2n) is 32.6. The molecule has 0 aliphatic heterocycles. The van der Waals surface area contributed by atoms with Gasteiger partial charge in [0, 0.05) is 39.3 Å². The maximum absolute atomic E-state index is 12.4. The number of hydrogen-bond acceptors (Lipinski definition) is 44. The number of sulfonamides is 1. The van der Waals surface area contributed by atoms with Crippen molar-refractivity contribution in [2.45, 2.75) is 196 Å². The fraction of sp³-hybridized carbons (Fsp3) is 0.562. The summed E-state index contributed by atoms with van der Waals surface area (Å²) < 4.78 is 91.8. The van der Waals surface area contributed by atoms with E-state index in [1.807, 2.05) is 20.8 Å². The van der Waals surface area contributed by atoms with E-state index >= 15 is 0 Å². The van der Waals surface area contributed by atoms with E-state index in [0.717, 1.165) is 37.7 Å². The third kappa shape index (κ3) is 68.2. The summed E-state index contributed by atoms with van der Waals surface area (Å²) in [6.45, 7) is 34.0. The Kier molecular flexibility index (Phi) is 66.9. The summed E-state index contributed by atoms with van der Waals surface area (Å²) in [7, 11) is -6.03. The summed E-state index contributed by atoms with van der Waals surface area (Å²) in [6, 6.07) is 0. The van der Waals surface area contributed by atoms with Crippen molar-refractivity contribution in [3.63, 3.8) is 0 Å². The van der Waals surface area contributed by atoms with Crippen molar-refractivity contribution in [3.8, 4) is 0 Å². The zero-order valence-electron chi connectivity index (χ0n) is 81.1. The number of carbonyl (C=O) groups is 10. The molecule has 0 aliphatic carbocycles. The summed E-state index contributed by atoms with van der Waals surface area (Å²) in [5, 5.41) is 29.0. The van der Waals surface area contributed by atoms with Crippen LogP contribution >= 0.6 is 107 Å². The molecule has 41 N–H and O–H groups in total. The van der Waals surface area contributed by atoms with Gasteiger partial charge < -0.3 is 130 Å². The van der Waals surface area contributed by atoms with Crippen LogP contribution in [-0.2, 0) is 38.4 Å². The highest BCUT2D eigenvalue weighted by molar-refractivity contribution is 14.0. The van der Waals surface area contributed by atoms with E-state index in [0.29, 0.717) is 52.0 Å². The number of alkyl halides is 3. The van der Waals surface area contributed by atoms with Crippen LogP contribution in [0.2, 0.25) is 20.6 Å². The van der Waals surface area contributed by atoms with Crippen molar-refractivity contribution in [1.29, 1.82) is 5.41 Å². The number of nitrogens with two attached hydrogens (primary N) is 15. The number of amidine groups is 1. The van der Waals surface area contributed by atoms with Crippen molar-refractivity contribution >= 4 is 259 Å². The van der Waals surface area contributed by atoms with Crippen molar-refractivity contribution in [1.82, 2.24) is 93.0 Å². The number of alkyl carbamates (subject to hydrolysis) is 6. The lowest BCUT2D eigenvalue weighted by Gasteiger charge is -2.22. The Bertz CT molecular complexity index is 5000. The number of halogens is 10. The van der Waals surface area contributed by atoms with Crippen LogP contribution in [0.15, 0.2) is 24.4 Å². The van der Waals surface area contributed by atoms with Crippen molar-refractivity contribution in [3.05, 3.63) is 43.4 Å². The number of nitrogens with one attached hydrogen (secondary N) is 11. The molecule has 4 aromatic rings. The van der Waals surface area contributed by atoms with Gasteiger partial charge in [-0.05, 0) is 189 Å². The third-order valence-corrected chi connectivity index (χ3v) is 15.5. The summed E-state index contributed by atoms with van der Waals surface area (Å²) in [6.07, 6.45) is -0.334. The van der Waals surface area contributed by atoms with Crippen molar-refractivity contribution in [2.24, 2.45) is 64.5 Å². The molecule has 0 saturated heterocycles. The molecule has 4 heterocycles. The lowest BCUT2D eigenvalue weighted by atomic mass is 10.2. The average molecular weight is 2300 g/mol. The van der Waals surface area contributed by atoms with Crippen LogP contribution in [0.4, 0.5) is 88.5 Å². The minimum Gasteiger partial charge on any atom is -0.444 e. The number of thioether (sulfide) groups is 1. The number of nitrogen functional groups attached to an aromatic ring is 8. The zero-order chi connectivity index (χ0) is 108. The highest BCUT2D eigenvalue weighted by Crippen LogP contribution is 2.26. The SMILES string of the molecule is CC(C)(C)OC(=O)NC(=NCCCN=C(N)NC(=O)c1nc(Cl)c(N)nc1N)NC(=O)OC(C)(C)C.CC(C)(C)OC(=O)NC(=NS(=O)(=O)C(F)(F)F)NC(=O)OC(C)(C)C.CC(C)(C)OC(=O)NCCCN.CC(C)(C)OC(=O)NCCCN=C(N)NC(=O)c1nc(Cl)c(N)nc1N.CSC(=N)NC(=O)c1nc(Cl)c(N)nc1N.Cl.Cl.I.NCCCN.NCCCN=C(N)NC(=O)c1nc(Cl)c(N)nc1N. The standard InChI is InChI=1S/C20H33ClN10O5.C14H23ClN8O3.C12H20F3N3O6S.C9H15ClN8O.C8H18N2O2.C7H9ClN6OS.C3H10N2.2ClH.HI/c1-19(2,3)35-17(33)30-16(31-18(34)36-20(4,5)6)26-9-7-8-25-15(24)29-14(32)10-12(22)28-13(23)11(21)27-10;1-14(2,3)26-13(25)20-6-4-5-19-12(18)23-11(24)7-9(16)22-10(17)8(15)21-7;1-10(2,3)23-8(19)16-7(17-9(20)24-11(4,5)6)18-25(21,22)12(13,14)15;10-5-7(13)17-6(12)4(16-5)8(19)18-9(14)15-3-1-2-11;1-8(2,3)12-7(11)10-6-4-5-9;1-16-7(11)14-6(15)2-4(9)13-5(10)3(8)12-2;4-2-1-3-5;;;/h7-9H2,1-6H3,(H4,22,23,28)(H3,24,25,29,32)(H2,26,30,31,33,34);4-6H2,1-3H3,(H,20,25)(H4,16,17,22)(H3,18,19,23,24);1-6H3,(H2,16,17,18,19,20);1-3,11H2,(H4,12,13,17)(H3,14,15,18,19);4-6,9H2,1-3H3,(H,10,11);1H3,(H4,9,10,13)(H2,11,14,15);1-5H2;3*1H. The Morgan fingerprint density at radius 3 is 0.831 bits per heavy atom. The van der Waals surface area contributed by atoms with Gasteiger partial charge in [0.15, 0.2) is 113 Å². The normalized spacial score (nSPS) is 11.3. The first-order chi connectivity index (χ1) is 63.6. The van der Waals surface area contributed by atoms with Crippen LogP contribution < -0.4 is 139 Å². The average Bonchev–Trinajstić information content (AvgIpc) is 0.837. The Labute approximate surface area is 870 Å². The fourth-order valence-corrected chi connectivity index (χ4v) is 8.65. The molecule has 4 rings (SSSR count). The number of amides is 10. The van der Waals surface area contributed by atoms with Crippen LogP contribution in [0.25, 0.3) is 0 Å². The summed E-state index contributed by atoms with van der Waals surface area (Å²) in [5.74, 6) is -5.68. The Hall–Kier alpha value is -12.0. The lowest BCUT2D eigenvalue weighted by Crippen LogP contribution is -2.48. The minimum atomic E-state index is -6.03. The summed E-state index contributed by atoms with van der Waals surface area (Å²) in [5.41, 5.74) is 70.2. The van der Waals surface area contributed by atoms with E-state index in [9.17, 15) is 69.5 Å². The van der Waals surface area contributed by atoms with Crippen LogP contribution in [-0.4, -0.2) is 254 Å². The monoisotopic (exact) mass is 2300 g/mol. The first-order valence-corrected chi connectivity index (χ1v) is 44.5. The van der Waals surface area contributed by atoms with Crippen LogP contribution in [0, 0.1) is 5.41 Å². The van der Waals surface area contributed by atoms with Gasteiger partial charge in [-0.25, -0.2) is 68.6 Å². The summed E-state index contributed by atoms with van der Waals surface area (Å²) in [4.78, 5) is 163. The highest BCUT2D eigenvalue weighted by atomic mass is 127. The Morgan fingerprint density at radius 1 is 0.352 bits per heavy atom. The molecule has 0 saturated carbocycles. The molecule has 0 bridgehead atoms. The Morgan fingerprint density at radius 2 is 0.585 bits per heavy atom. The third-order valence-electron chi connectivity index (χ3n) is 12.9. The van der Waals surface area contributed by atoms with Crippen LogP contribution in [0.5, 0.6) is 0 Å². The molecule has 142 heavy (non-hydrogen) atoms.